The van der Waals surface area contributed by atoms with Crippen molar-refractivity contribution in [2.45, 2.75) is 155 Å². The van der Waals surface area contributed by atoms with Gasteiger partial charge in [0.05, 0.1) is 46.6 Å². The molecular weight excluding hydrogens is 881 g/mol. The van der Waals surface area contributed by atoms with Crippen molar-refractivity contribution in [2.24, 2.45) is 10.4 Å². The summed E-state index contributed by atoms with van der Waals surface area (Å²) in [4.78, 5) is 70.1. The smallest absolute Gasteiger partial charge is 0.246 e. The molecule has 3 N–H and O–H groups in total. The Balaban J connectivity index is 0.727. The van der Waals surface area contributed by atoms with E-state index in [-0.39, 0.29) is 29.7 Å². The van der Waals surface area contributed by atoms with Crippen LogP contribution in [0, 0.1) is 12.3 Å². The molecule has 13 nitrogen and oxygen atoms in total. The Morgan fingerprint density at radius 3 is 2.24 bits per heavy atom. The predicted octanol–water partition coefficient (Wildman–Crippen LogP) is 8.67. The summed E-state index contributed by atoms with van der Waals surface area (Å²) in [5, 5.41) is 10.7. The number of amides is 4. The van der Waals surface area contributed by atoms with Gasteiger partial charge < -0.3 is 35.4 Å². The van der Waals surface area contributed by atoms with E-state index in [1.54, 1.807) is 28.0 Å². The number of rotatable bonds is 20. The van der Waals surface area contributed by atoms with Crippen LogP contribution < -0.4 is 25.6 Å². The summed E-state index contributed by atoms with van der Waals surface area (Å²) in [5.74, 6) is 1.05. The number of aromatic nitrogens is 1. The van der Waals surface area contributed by atoms with Gasteiger partial charge in [0.25, 0.3) is 0 Å². The topological polar surface area (TPSA) is 149 Å². The number of carbonyl (C=O) groups is 4. The lowest BCUT2D eigenvalue weighted by Gasteiger charge is -2.36. The van der Waals surface area contributed by atoms with Gasteiger partial charge in [-0.05, 0) is 93.2 Å². The molecule has 364 valence electrons. The highest BCUT2D eigenvalue weighted by Gasteiger charge is 2.42. The molecule has 0 radical (unpaired) electrons. The van der Waals surface area contributed by atoms with Crippen LogP contribution in [-0.4, -0.2) is 113 Å². The zero-order valence-corrected chi connectivity index (χ0v) is 42.2. The molecule has 5 atom stereocenters. The van der Waals surface area contributed by atoms with E-state index in [4.69, 9.17) is 9.73 Å². The van der Waals surface area contributed by atoms with Crippen molar-refractivity contribution in [1.82, 2.24) is 30.7 Å². The SMILES string of the molecule is Cc1ncsc1-c1ccc([C@H](C)NC(=O)[C@@H]2CCCN2C(=O)[C@H](NC(=O)CCCCCCCCCOc2ccc(N3CCN(C(=O)CSC4=N[C@@H]5CCCC[C@H]5N4)CC3)cc2)C(C)(C)C)cc1. The van der Waals surface area contributed by atoms with Gasteiger partial charge in [0.15, 0.2) is 5.17 Å². The van der Waals surface area contributed by atoms with Gasteiger partial charge in [-0.15, -0.1) is 11.3 Å². The molecule has 4 amide bonds. The summed E-state index contributed by atoms with van der Waals surface area (Å²) in [6, 6.07) is 15.9. The Hall–Kier alpha value is -4.63. The van der Waals surface area contributed by atoms with Gasteiger partial charge in [0, 0.05) is 44.8 Å². The number of benzene rings is 2. The average Bonchev–Trinajstić information content (AvgIpc) is 4.10. The highest BCUT2D eigenvalue weighted by molar-refractivity contribution is 8.14. The second kappa shape index (κ2) is 24.1. The van der Waals surface area contributed by atoms with Gasteiger partial charge in [0.2, 0.25) is 23.6 Å². The maximum atomic E-state index is 14.0. The highest BCUT2D eigenvalue weighted by Crippen LogP contribution is 2.31. The predicted molar refractivity (Wildman–Crippen MR) is 272 cm³/mol. The first-order valence-electron chi connectivity index (χ1n) is 25.0. The third-order valence-corrected chi connectivity index (χ3v) is 15.7. The lowest BCUT2D eigenvalue weighted by Crippen LogP contribution is -2.57. The number of likely N-dealkylation sites (tertiary alicyclic amines) is 1. The van der Waals surface area contributed by atoms with Crippen LogP contribution in [0.25, 0.3) is 10.4 Å². The molecule has 3 aromatic rings. The quantitative estimate of drug-likeness (QED) is 0.0947. The van der Waals surface area contributed by atoms with Gasteiger partial charge >= 0.3 is 0 Å². The van der Waals surface area contributed by atoms with E-state index in [1.807, 2.05) is 69.3 Å². The normalized spacial score (nSPS) is 20.4. The Morgan fingerprint density at radius 2 is 1.55 bits per heavy atom. The molecule has 0 bridgehead atoms. The molecule has 4 aliphatic rings. The molecule has 2 aromatic carbocycles. The van der Waals surface area contributed by atoms with Gasteiger partial charge in [-0.3, -0.25) is 24.2 Å². The van der Waals surface area contributed by atoms with E-state index >= 15 is 0 Å². The largest absolute Gasteiger partial charge is 0.494 e. The number of fused-ring (bicyclic) bond motifs is 1. The molecule has 1 saturated carbocycles. The van der Waals surface area contributed by atoms with E-state index in [0.717, 1.165) is 122 Å². The Morgan fingerprint density at radius 1 is 0.851 bits per heavy atom. The third-order valence-electron chi connectivity index (χ3n) is 13.8. The highest BCUT2D eigenvalue weighted by atomic mass is 32.2. The van der Waals surface area contributed by atoms with Crippen LogP contribution in [0.2, 0.25) is 0 Å². The van der Waals surface area contributed by atoms with Crippen LogP contribution in [0.4, 0.5) is 5.69 Å². The van der Waals surface area contributed by atoms with E-state index in [0.29, 0.717) is 43.8 Å². The van der Waals surface area contributed by atoms with Crippen molar-refractivity contribution in [3.05, 3.63) is 65.3 Å². The fourth-order valence-electron chi connectivity index (χ4n) is 9.76. The van der Waals surface area contributed by atoms with Crippen molar-refractivity contribution in [2.75, 3.05) is 50.0 Å². The molecule has 0 unspecified atom stereocenters. The van der Waals surface area contributed by atoms with Crippen LogP contribution in [0.1, 0.15) is 135 Å². The monoisotopic (exact) mass is 955 g/mol. The maximum absolute atomic E-state index is 14.0. The Labute approximate surface area is 407 Å². The van der Waals surface area contributed by atoms with Crippen molar-refractivity contribution in [1.29, 1.82) is 0 Å². The standard InChI is InChI=1S/C52H74N8O5S2/c1-36(38-20-22-39(23-21-38)47-37(2)53-35-67-47)54-49(63)44-18-15-28-60(44)50(64)48(52(3,4)5)57-45(61)19-11-9-7-6-8-10-14-33-65-41-26-24-40(25-27-41)58-29-31-59(32-30-58)46(62)34-66-51-55-42-16-12-13-17-43(42)56-51/h20-27,35-36,42-44,48H,6-19,28-34H2,1-5H3,(H,54,63)(H,55,56)(H,57,61)/t36-,42+,43+,44-,48-/m0/s1. The molecule has 3 aliphatic heterocycles. The van der Waals surface area contributed by atoms with E-state index in [1.165, 1.54) is 19.3 Å². The molecule has 3 fully saturated rings. The number of ether oxygens (including phenoxy) is 1. The number of thioether (sulfide) groups is 1. The van der Waals surface area contributed by atoms with Crippen molar-refractivity contribution in [3.8, 4) is 16.2 Å². The molecule has 4 heterocycles. The third kappa shape index (κ3) is 14.0. The number of hydrogen-bond donors (Lipinski definition) is 3. The Bertz CT molecular complexity index is 2130. The lowest BCUT2D eigenvalue weighted by molar-refractivity contribution is -0.144. The lowest BCUT2D eigenvalue weighted by atomic mass is 9.85. The minimum atomic E-state index is -0.720. The van der Waals surface area contributed by atoms with E-state index in [9.17, 15) is 19.2 Å². The zero-order valence-electron chi connectivity index (χ0n) is 40.5. The fourth-order valence-corrected chi connectivity index (χ4v) is 11.5. The summed E-state index contributed by atoms with van der Waals surface area (Å²) in [5.41, 5.74) is 5.59. The van der Waals surface area contributed by atoms with Crippen molar-refractivity contribution in [3.63, 3.8) is 0 Å². The zero-order chi connectivity index (χ0) is 47.3. The molecule has 1 aromatic heterocycles. The van der Waals surface area contributed by atoms with Crippen LogP contribution in [-0.2, 0) is 19.2 Å². The van der Waals surface area contributed by atoms with Crippen molar-refractivity contribution < 1.29 is 23.9 Å². The van der Waals surface area contributed by atoms with Gasteiger partial charge in [-0.25, -0.2) is 4.98 Å². The number of carbonyl (C=O) groups excluding carboxylic acids is 4. The second-order valence-electron chi connectivity index (χ2n) is 19.9. The number of unbranched alkanes of at least 4 members (excludes halogenated alkanes) is 6. The van der Waals surface area contributed by atoms with Crippen LogP contribution in [0.5, 0.6) is 5.75 Å². The van der Waals surface area contributed by atoms with Crippen LogP contribution in [0.3, 0.4) is 0 Å². The second-order valence-corrected chi connectivity index (χ2v) is 21.8. The molecule has 1 aliphatic carbocycles. The summed E-state index contributed by atoms with van der Waals surface area (Å²) in [6.07, 6.45) is 13.7. The van der Waals surface area contributed by atoms with Gasteiger partial charge in [-0.1, -0.05) is 102 Å². The minimum absolute atomic E-state index is 0.117. The number of aryl methyl sites for hydroxylation is 1. The van der Waals surface area contributed by atoms with Crippen molar-refractivity contribution >= 4 is 57.6 Å². The summed E-state index contributed by atoms with van der Waals surface area (Å²) >= 11 is 3.18. The van der Waals surface area contributed by atoms with E-state index in [2.05, 4.69) is 50.1 Å². The summed E-state index contributed by atoms with van der Waals surface area (Å²) < 4.78 is 6.06. The summed E-state index contributed by atoms with van der Waals surface area (Å²) in [6.45, 7) is 14.1. The van der Waals surface area contributed by atoms with Gasteiger partial charge in [0.1, 0.15) is 17.8 Å². The number of aliphatic imine (C=N–C) groups is 1. The van der Waals surface area contributed by atoms with Gasteiger partial charge in [-0.2, -0.15) is 0 Å². The average molecular weight is 955 g/mol. The minimum Gasteiger partial charge on any atom is -0.494 e. The number of nitrogens with zero attached hydrogens (tertiary/aromatic N) is 5. The number of hydrogen-bond acceptors (Lipinski definition) is 11. The molecule has 0 spiro atoms. The molecule has 15 heteroatoms. The molecule has 67 heavy (non-hydrogen) atoms. The molecule has 2 saturated heterocycles. The first-order chi connectivity index (χ1) is 32.3. The van der Waals surface area contributed by atoms with Crippen LogP contribution in [0.15, 0.2) is 59.0 Å². The number of thiazole rings is 1. The number of piperazine rings is 1. The van der Waals surface area contributed by atoms with E-state index < -0.39 is 17.5 Å². The fraction of sp³-hybridized carbons (Fsp3) is 0.615. The summed E-state index contributed by atoms with van der Waals surface area (Å²) in [7, 11) is 0. The van der Waals surface area contributed by atoms with Crippen LogP contribution >= 0.6 is 23.1 Å². The maximum Gasteiger partial charge on any atom is 0.246 e. The first kappa shape index (κ1) is 50.3. The number of amidine groups is 1. The number of nitrogens with one attached hydrogen (secondary N) is 3. The molecule has 7 rings (SSSR count). The number of anilines is 1. The Kier molecular flexibility index (Phi) is 18.1. The first-order valence-corrected chi connectivity index (χ1v) is 26.8. The molecular formula is C52H74N8O5S2.